The Morgan fingerprint density at radius 3 is 2.36 bits per heavy atom. The standard InChI is InChI=1S/C8H18N2O/c1-2-7(9)4-3-5-8(10,11)6-7/h11H,2-6,9-10H2,1H3. The van der Waals surface area contributed by atoms with Gasteiger partial charge in [0.15, 0.2) is 0 Å². The van der Waals surface area contributed by atoms with Crippen LogP contribution in [0.15, 0.2) is 0 Å². The average molecular weight is 158 g/mol. The van der Waals surface area contributed by atoms with E-state index in [4.69, 9.17) is 11.5 Å². The van der Waals surface area contributed by atoms with Crippen LogP contribution in [0.5, 0.6) is 0 Å². The Morgan fingerprint density at radius 1 is 1.36 bits per heavy atom. The third-order valence-electron chi connectivity index (χ3n) is 2.65. The molecule has 3 nitrogen and oxygen atoms in total. The summed E-state index contributed by atoms with van der Waals surface area (Å²) >= 11 is 0. The zero-order valence-corrected chi connectivity index (χ0v) is 7.14. The maximum absolute atomic E-state index is 9.54. The van der Waals surface area contributed by atoms with Crippen molar-refractivity contribution in [1.29, 1.82) is 0 Å². The van der Waals surface area contributed by atoms with E-state index in [2.05, 4.69) is 0 Å². The van der Waals surface area contributed by atoms with Crippen molar-refractivity contribution < 1.29 is 5.11 Å². The molecule has 1 rings (SSSR count). The third kappa shape index (κ3) is 2.15. The van der Waals surface area contributed by atoms with Crippen LogP contribution in [0, 0.1) is 0 Å². The summed E-state index contributed by atoms with van der Waals surface area (Å²) in [5.74, 6) is 0. The van der Waals surface area contributed by atoms with Crippen LogP contribution in [0.25, 0.3) is 0 Å². The quantitative estimate of drug-likeness (QED) is 0.481. The molecule has 1 saturated carbocycles. The van der Waals surface area contributed by atoms with E-state index in [0.29, 0.717) is 12.8 Å². The van der Waals surface area contributed by atoms with Crippen LogP contribution in [-0.2, 0) is 0 Å². The lowest BCUT2D eigenvalue weighted by Gasteiger charge is -2.40. The van der Waals surface area contributed by atoms with Gasteiger partial charge in [-0.15, -0.1) is 0 Å². The lowest BCUT2D eigenvalue weighted by molar-refractivity contribution is -0.0192. The highest BCUT2D eigenvalue weighted by molar-refractivity contribution is 4.94. The van der Waals surface area contributed by atoms with Crippen molar-refractivity contribution >= 4 is 0 Å². The summed E-state index contributed by atoms with van der Waals surface area (Å²) in [6.07, 6.45) is 4.05. The topological polar surface area (TPSA) is 72.3 Å². The highest BCUT2D eigenvalue weighted by Crippen LogP contribution is 2.32. The van der Waals surface area contributed by atoms with E-state index in [-0.39, 0.29) is 5.54 Å². The Hall–Kier alpha value is -0.120. The van der Waals surface area contributed by atoms with Gasteiger partial charge in [-0.3, -0.25) is 0 Å². The minimum atomic E-state index is -1.01. The number of rotatable bonds is 1. The maximum Gasteiger partial charge on any atom is 0.115 e. The molecular weight excluding hydrogens is 140 g/mol. The van der Waals surface area contributed by atoms with Crippen molar-refractivity contribution in [3.63, 3.8) is 0 Å². The number of nitrogens with two attached hydrogens (primary N) is 2. The molecule has 66 valence electrons. The Morgan fingerprint density at radius 2 is 2.00 bits per heavy atom. The first kappa shape index (κ1) is 8.97. The summed E-state index contributed by atoms with van der Waals surface area (Å²) in [5, 5.41) is 9.54. The number of hydrogen-bond donors (Lipinski definition) is 3. The Bertz CT molecular complexity index is 147. The molecular formula is C8H18N2O. The largest absolute Gasteiger partial charge is 0.376 e. The number of aliphatic hydroxyl groups is 1. The molecule has 1 fully saturated rings. The smallest absolute Gasteiger partial charge is 0.115 e. The molecule has 0 aromatic carbocycles. The van der Waals surface area contributed by atoms with E-state index >= 15 is 0 Å². The molecule has 3 heteroatoms. The summed E-state index contributed by atoms with van der Waals surface area (Å²) in [5.41, 5.74) is 10.4. The predicted molar refractivity (Wildman–Crippen MR) is 44.8 cm³/mol. The zero-order chi connectivity index (χ0) is 8.54. The van der Waals surface area contributed by atoms with Gasteiger partial charge < -0.3 is 16.6 Å². The van der Waals surface area contributed by atoms with Gasteiger partial charge in [0.2, 0.25) is 0 Å². The third-order valence-corrected chi connectivity index (χ3v) is 2.65. The molecule has 0 saturated heterocycles. The first-order valence-corrected chi connectivity index (χ1v) is 4.28. The Balaban J connectivity index is 2.59. The van der Waals surface area contributed by atoms with Crippen LogP contribution in [0.3, 0.4) is 0 Å². The summed E-state index contributed by atoms with van der Waals surface area (Å²) in [7, 11) is 0. The minimum Gasteiger partial charge on any atom is -0.376 e. The van der Waals surface area contributed by atoms with Crippen LogP contribution >= 0.6 is 0 Å². The maximum atomic E-state index is 9.54. The van der Waals surface area contributed by atoms with Gasteiger partial charge in [-0.2, -0.15) is 0 Å². The SMILES string of the molecule is CCC1(N)CCCC(N)(O)C1. The Labute approximate surface area is 67.8 Å². The normalized spacial score (nSPS) is 45.8. The fourth-order valence-electron chi connectivity index (χ4n) is 1.83. The fraction of sp³-hybridized carbons (Fsp3) is 1.00. The van der Waals surface area contributed by atoms with Crippen LogP contribution in [0.2, 0.25) is 0 Å². The molecule has 0 radical (unpaired) electrons. The first-order valence-electron chi connectivity index (χ1n) is 4.28. The van der Waals surface area contributed by atoms with Gasteiger partial charge in [0, 0.05) is 12.0 Å². The zero-order valence-electron chi connectivity index (χ0n) is 7.14. The second kappa shape index (κ2) is 2.73. The van der Waals surface area contributed by atoms with Crippen molar-refractivity contribution in [1.82, 2.24) is 0 Å². The molecule has 11 heavy (non-hydrogen) atoms. The van der Waals surface area contributed by atoms with E-state index in [9.17, 15) is 5.11 Å². The molecule has 0 bridgehead atoms. The number of hydrogen-bond acceptors (Lipinski definition) is 3. The van der Waals surface area contributed by atoms with Crippen molar-refractivity contribution in [2.24, 2.45) is 11.5 Å². The summed E-state index contributed by atoms with van der Waals surface area (Å²) < 4.78 is 0. The van der Waals surface area contributed by atoms with Gasteiger partial charge in [0.25, 0.3) is 0 Å². The molecule has 0 spiro atoms. The summed E-state index contributed by atoms with van der Waals surface area (Å²) in [4.78, 5) is 0. The lowest BCUT2D eigenvalue weighted by Crippen LogP contribution is -2.55. The van der Waals surface area contributed by atoms with Crippen LogP contribution in [0.1, 0.15) is 39.0 Å². The molecule has 5 N–H and O–H groups in total. The predicted octanol–water partition coefficient (Wildman–Crippen LogP) is 0.315. The fourth-order valence-corrected chi connectivity index (χ4v) is 1.83. The van der Waals surface area contributed by atoms with Crippen molar-refractivity contribution in [2.75, 3.05) is 0 Å². The van der Waals surface area contributed by atoms with E-state index < -0.39 is 5.72 Å². The lowest BCUT2D eigenvalue weighted by atomic mass is 9.76. The van der Waals surface area contributed by atoms with E-state index in [1.165, 1.54) is 0 Å². The molecule has 1 aliphatic carbocycles. The van der Waals surface area contributed by atoms with Crippen LogP contribution in [-0.4, -0.2) is 16.4 Å². The molecule has 2 atom stereocenters. The van der Waals surface area contributed by atoms with E-state index in [0.717, 1.165) is 19.3 Å². The van der Waals surface area contributed by atoms with Crippen molar-refractivity contribution in [3.05, 3.63) is 0 Å². The highest BCUT2D eigenvalue weighted by atomic mass is 16.3. The van der Waals surface area contributed by atoms with Crippen LogP contribution < -0.4 is 11.5 Å². The first-order chi connectivity index (χ1) is 4.97. The van der Waals surface area contributed by atoms with Gasteiger partial charge in [0.05, 0.1) is 0 Å². The molecule has 0 heterocycles. The highest BCUT2D eigenvalue weighted by Gasteiger charge is 2.37. The summed E-state index contributed by atoms with van der Waals surface area (Å²) in [6.45, 7) is 2.04. The Kier molecular flexibility index (Phi) is 2.23. The van der Waals surface area contributed by atoms with Gasteiger partial charge >= 0.3 is 0 Å². The monoisotopic (exact) mass is 158 g/mol. The van der Waals surface area contributed by atoms with Gasteiger partial charge in [-0.05, 0) is 25.7 Å². The van der Waals surface area contributed by atoms with E-state index in [1.807, 2.05) is 6.92 Å². The molecule has 1 aliphatic rings. The molecule has 0 aromatic heterocycles. The molecule has 2 unspecified atom stereocenters. The van der Waals surface area contributed by atoms with E-state index in [1.54, 1.807) is 0 Å². The summed E-state index contributed by atoms with van der Waals surface area (Å²) in [6, 6.07) is 0. The van der Waals surface area contributed by atoms with Crippen molar-refractivity contribution in [2.45, 2.75) is 50.3 Å². The molecule has 0 aliphatic heterocycles. The van der Waals surface area contributed by atoms with Gasteiger partial charge in [-0.1, -0.05) is 6.92 Å². The van der Waals surface area contributed by atoms with Gasteiger partial charge in [-0.25, -0.2) is 0 Å². The average Bonchev–Trinajstić information content (AvgIpc) is 1.85. The molecule has 0 aromatic rings. The van der Waals surface area contributed by atoms with Crippen molar-refractivity contribution in [3.8, 4) is 0 Å². The van der Waals surface area contributed by atoms with Gasteiger partial charge in [0.1, 0.15) is 5.72 Å². The second-order valence-corrected chi connectivity index (χ2v) is 3.85. The second-order valence-electron chi connectivity index (χ2n) is 3.85. The van der Waals surface area contributed by atoms with Crippen LogP contribution in [0.4, 0.5) is 0 Å². The molecule has 0 amide bonds. The minimum absolute atomic E-state index is 0.220.